The predicted octanol–water partition coefficient (Wildman–Crippen LogP) is 3.50. The zero-order valence-corrected chi connectivity index (χ0v) is 16.6. The van der Waals surface area contributed by atoms with E-state index in [4.69, 9.17) is 0 Å². The number of aryl methyl sites for hydroxylation is 1. The second kappa shape index (κ2) is 8.81. The van der Waals surface area contributed by atoms with Crippen LogP contribution in [0.4, 0.5) is 0 Å². The molecule has 1 amide bonds. The van der Waals surface area contributed by atoms with Gasteiger partial charge in [-0.1, -0.05) is 59.8 Å². The van der Waals surface area contributed by atoms with Gasteiger partial charge in [0.15, 0.2) is 0 Å². The highest BCUT2D eigenvalue weighted by atomic mass is 32.2. The minimum atomic E-state index is 0.0670. The van der Waals surface area contributed by atoms with Crippen molar-refractivity contribution in [3.63, 3.8) is 0 Å². The van der Waals surface area contributed by atoms with Gasteiger partial charge >= 0.3 is 0 Å². The predicted molar refractivity (Wildman–Crippen MR) is 107 cm³/mol. The van der Waals surface area contributed by atoms with E-state index in [-0.39, 0.29) is 17.7 Å². The van der Waals surface area contributed by atoms with E-state index in [1.165, 1.54) is 17.3 Å². The van der Waals surface area contributed by atoms with Gasteiger partial charge in [-0.3, -0.25) is 4.79 Å². The maximum Gasteiger partial charge on any atom is 0.233 e. The number of amides is 1. The Labute approximate surface area is 163 Å². The third kappa shape index (κ3) is 4.95. The first-order valence-electron chi connectivity index (χ1n) is 8.86. The van der Waals surface area contributed by atoms with Crippen molar-refractivity contribution < 1.29 is 4.79 Å². The summed E-state index contributed by atoms with van der Waals surface area (Å²) >= 11 is 1.35. The summed E-state index contributed by atoms with van der Waals surface area (Å²) < 4.78 is 1.66. The first-order chi connectivity index (χ1) is 13.0. The molecule has 3 rings (SSSR count). The third-order valence-corrected chi connectivity index (χ3v) is 5.09. The molecule has 0 radical (unpaired) electrons. The number of aromatic nitrogens is 4. The number of tetrazole rings is 1. The average Bonchev–Trinajstić information content (AvgIpc) is 3.14. The molecule has 0 bridgehead atoms. The van der Waals surface area contributed by atoms with E-state index in [1.54, 1.807) is 4.68 Å². The molecule has 0 unspecified atom stereocenters. The Balaban J connectivity index is 1.67. The molecule has 7 heteroatoms. The standard InChI is InChI=1S/C20H23N5OS/c1-15(2)24(13-17-7-5-4-6-8-17)19(26)14-27-20-21-22-23-25(20)18-11-9-16(3)10-12-18/h4-12,15H,13-14H2,1-3H3. The van der Waals surface area contributed by atoms with Crippen molar-refractivity contribution in [3.05, 3.63) is 65.7 Å². The average molecular weight is 382 g/mol. The highest BCUT2D eigenvalue weighted by molar-refractivity contribution is 7.99. The Hall–Kier alpha value is -2.67. The number of nitrogens with zero attached hydrogens (tertiary/aromatic N) is 5. The van der Waals surface area contributed by atoms with Crippen LogP contribution in [0.5, 0.6) is 0 Å². The highest BCUT2D eigenvalue weighted by Gasteiger charge is 2.19. The number of hydrogen-bond acceptors (Lipinski definition) is 5. The fourth-order valence-corrected chi connectivity index (χ4v) is 3.44. The quantitative estimate of drug-likeness (QED) is 0.586. The molecule has 0 aliphatic heterocycles. The van der Waals surface area contributed by atoms with Gasteiger partial charge in [-0.05, 0) is 48.9 Å². The van der Waals surface area contributed by atoms with Crippen LogP contribution in [0.1, 0.15) is 25.0 Å². The number of carbonyl (C=O) groups excluding carboxylic acids is 1. The van der Waals surface area contributed by atoms with E-state index in [0.29, 0.717) is 11.7 Å². The number of rotatable bonds is 7. The molecule has 0 saturated heterocycles. The topological polar surface area (TPSA) is 63.9 Å². The zero-order valence-electron chi connectivity index (χ0n) is 15.7. The van der Waals surface area contributed by atoms with Crippen molar-refractivity contribution in [3.8, 4) is 5.69 Å². The number of benzene rings is 2. The molecule has 0 spiro atoms. The SMILES string of the molecule is Cc1ccc(-n2nnnc2SCC(=O)N(Cc2ccccc2)C(C)C)cc1. The van der Waals surface area contributed by atoms with Crippen LogP contribution in [0.3, 0.4) is 0 Å². The first-order valence-corrected chi connectivity index (χ1v) is 9.85. The lowest BCUT2D eigenvalue weighted by atomic mass is 10.2. The van der Waals surface area contributed by atoms with Gasteiger partial charge < -0.3 is 4.90 Å². The fourth-order valence-electron chi connectivity index (χ4n) is 2.66. The molecule has 0 saturated carbocycles. The molecule has 2 aromatic carbocycles. The van der Waals surface area contributed by atoms with Crippen LogP contribution in [0.2, 0.25) is 0 Å². The second-order valence-electron chi connectivity index (χ2n) is 6.60. The summed E-state index contributed by atoms with van der Waals surface area (Å²) in [7, 11) is 0. The molecular weight excluding hydrogens is 358 g/mol. The molecule has 1 heterocycles. The number of thioether (sulfide) groups is 1. The third-order valence-electron chi connectivity index (χ3n) is 4.18. The molecular formula is C20H23N5OS. The zero-order chi connectivity index (χ0) is 19.2. The lowest BCUT2D eigenvalue weighted by Gasteiger charge is -2.26. The Morgan fingerprint density at radius 1 is 1.11 bits per heavy atom. The van der Waals surface area contributed by atoms with Crippen molar-refractivity contribution in [2.75, 3.05) is 5.75 Å². The summed E-state index contributed by atoms with van der Waals surface area (Å²) in [6.07, 6.45) is 0. The summed E-state index contributed by atoms with van der Waals surface area (Å²) in [5.74, 6) is 0.356. The van der Waals surface area contributed by atoms with Crippen molar-refractivity contribution in [2.45, 2.75) is 38.5 Å². The van der Waals surface area contributed by atoms with Crippen molar-refractivity contribution in [1.82, 2.24) is 25.1 Å². The Kier molecular flexibility index (Phi) is 6.24. The van der Waals surface area contributed by atoms with Crippen LogP contribution in [0.25, 0.3) is 5.69 Å². The minimum absolute atomic E-state index is 0.0670. The Morgan fingerprint density at radius 2 is 1.81 bits per heavy atom. The van der Waals surface area contributed by atoms with Gasteiger partial charge in [-0.2, -0.15) is 4.68 Å². The molecule has 0 atom stereocenters. The fraction of sp³-hybridized carbons (Fsp3) is 0.300. The highest BCUT2D eigenvalue weighted by Crippen LogP contribution is 2.20. The minimum Gasteiger partial charge on any atom is -0.335 e. The van der Waals surface area contributed by atoms with Crippen LogP contribution in [0.15, 0.2) is 59.8 Å². The number of hydrogen-bond donors (Lipinski definition) is 0. The summed E-state index contributed by atoms with van der Waals surface area (Å²) in [4.78, 5) is 14.7. The Bertz CT molecular complexity index is 877. The normalized spacial score (nSPS) is 11.0. The van der Waals surface area contributed by atoms with Gasteiger partial charge in [-0.15, -0.1) is 5.10 Å². The maximum absolute atomic E-state index is 12.8. The van der Waals surface area contributed by atoms with Gasteiger partial charge in [-0.25, -0.2) is 0 Å². The molecule has 0 aliphatic rings. The summed E-state index contributed by atoms with van der Waals surface area (Å²) in [6.45, 7) is 6.69. The molecule has 0 aliphatic carbocycles. The summed E-state index contributed by atoms with van der Waals surface area (Å²) in [6, 6.07) is 18.1. The Morgan fingerprint density at radius 3 is 2.48 bits per heavy atom. The van der Waals surface area contributed by atoms with Crippen LogP contribution >= 0.6 is 11.8 Å². The van der Waals surface area contributed by atoms with E-state index in [9.17, 15) is 4.79 Å². The summed E-state index contributed by atoms with van der Waals surface area (Å²) in [5, 5.41) is 12.5. The molecule has 6 nitrogen and oxygen atoms in total. The second-order valence-corrected chi connectivity index (χ2v) is 7.54. The van der Waals surface area contributed by atoms with E-state index in [2.05, 4.69) is 15.5 Å². The van der Waals surface area contributed by atoms with Gasteiger partial charge in [0.05, 0.1) is 11.4 Å². The molecule has 3 aromatic rings. The monoisotopic (exact) mass is 381 g/mol. The van der Waals surface area contributed by atoms with Crippen molar-refractivity contribution in [2.24, 2.45) is 0 Å². The largest absolute Gasteiger partial charge is 0.335 e. The maximum atomic E-state index is 12.8. The van der Waals surface area contributed by atoms with Gasteiger partial charge in [0.2, 0.25) is 11.1 Å². The number of carbonyl (C=O) groups is 1. The molecule has 140 valence electrons. The van der Waals surface area contributed by atoms with E-state index < -0.39 is 0 Å². The van der Waals surface area contributed by atoms with Gasteiger partial charge in [0, 0.05) is 12.6 Å². The van der Waals surface area contributed by atoms with Crippen molar-refractivity contribution in [1.29, 1.82) is 0 Å². The first kappa shape index (κ1) is 19.1. The lowest BCUT2D eigenvalue weighted by molar-refractivity contribution is -0.130. The lowest BCUT2D eigenvalue weighted by Crippen LogP contribution is -2.37. The summed E-state index contributed by atoms with van der Waals surface area (Å²) in [5.41, 5.74) is 3.17. The molecule has 1 aromatic heterocycles. The van der Waals surface area contributed by atoms with Crippen LogP contribution in [-0.4, -0.2) is 42.8 Å². The smallest absolute Gasteiger partial charge is 0.233 e. The van der Waals surface area contributed by atoms with Crippen molar-refractivity contribution >= 4 is 17.7 Å². The van der Waals surface area contributed by atoms with Crippen LogP contribution in [-0.2, 0) is 11.3 Å². The molecule has 0 N–H and O–H groups in total. The van der Waals surface area contributed by atoms with E-state index >= 15 is 0 Å². The van der Waals surface area contributed by atoms with E-state index in [0.717, 1.165) is 11.3 Å². The van der Waals surface area contributed by atoms with E-state index in [1.807, 2.05) is 80.3 Å². The van der Waals surface area contributed by atoms with Crippen LogP contribution in [0, 0.1) is 6.92 Å². The molecule has 0 fully saturated rings. The van der Waals surface area contributed by atoms with Crippen LogP contribution < -0.4 is 0 Å². The van der Waals surface area contributed by atoms with Gasteiger partial charge in [0.1, 0.15) is 0 Å². The molecule has 27 heavy (non-hydrogen) atoms. The van der Waals surface area contributed by atoms with Gasteiger partial charge in [0.25, 0.3) is 0 Å².